The van der Waals surface area contributed by atoms with Gasteiger partial charge in [-0.25, -0.2) is 4.79 Å². The molecule has 4 heteroatoms. The zero-order chi connectivity index (χ0) is 13.1. The van der Waals surface area contributed by atoms with Gasteiger partial charge in [0, 0.05) is 25.4 Å². The first kappa shape index (κ1) is 14.0. The van der Waals surface area contributed by atoms with Gasteiger partial charge in [0.15, 0.2) is 0 Å². The summed E-state index contributed by atoms with van der Waals surface area (Å²) in [4.78, 5) is 25.1. The first-order valence-electron chi connectivity index (χ1n) is 6.34. The first-order valence-corrected chi connectivity index (χ1v) is 6.34. The van der Waals surface area contributed by atoms with E-state index in [4.69, 9.17) is 4.74 Å². The number of nitrogens with zero attached hydrogens (tertiary/aromatic N) is 1. The van der Waals surface area contributed by atoms with E-state index in [2.05, 4.69) is 0 Å². The molecule has 1 saturated heterocycles. The van der Waals surface area contributed by atoms with Crippen LogP contribution in [0.15, 0.2) is 0 Å². The number of Topliss-reactive ketones (excluding diaryl/α,β-unsaturated/α-hetero) is 1. The van der Waals surface area contributed by atoms with Crippen LogP contribution in [-0.2, 0) is 9.53 Å². The Bertz CT molecular complexity index is 294. The summed E-state index contributed by atoms with van der Waals surface area (Å²) in [5.74, 6) is 0.293. The van der Waals surface area contributed by atoms with E-state index >= 15 is 0 Å². The minimum absolute atomic E-state index is 0.0162. The molecule has 1 amide bonds. The van der Waals surface area contributed by atoms with Crippen LogP contribution in [0.1, 0.15) is 47.0 Å². The van der Waals surface area contributed by atoms with Crippen molar-refractivity contribution in [3.63, 3.8) is 0 Å². The highest BCUT2D eigenvalue weighted by atomic mass is 16.6. The summed E-state index contributed by atoms with van der Waals surface area (Å²) >= 11 is 0. The summed E-state index contributed by atoms with van der Waals surface area (Å²) in [6.45, 7) is 8.70. The smallest absolute Gasteiger partial charge is 0.410 e. The molecule has 1 aliphatic rings. The molecular formula is C13H23NO3. The van der Waals surface area contributed by atoms with Crippen LogP contribution in [0.5, 0.6) is 0 Å². The lowest BCUT2D eigenvalue weighted by atomic mass is 10.0. The molecule has 1 fully saturated rings. The van der Waals surface area contributed by atoms with Crippen LogP contribution in [0.25, 0.3) is 0 Å². The number of ether oxygens (including phenoxy) is 1. The van der Waals surface area contributed by atoms with Gasteiger partial charge in [-0.2, -0.15) is 0 Å². The summed E-state index contributed by atoms with van der Waals surface area (Å²) in [6.07, 6.45) is 1.97. The highest BCUT2D eigenvalue weighted by molar-refractivity contribution is 5.82. The van der Waals surface area contributed by atoms with Gasteiger partial charge in [0.25, 0.3) is 0 Å². The van der Waals surface area contributed by atoms with E-state index in [0.29, 0.717) is 19.5 Å². The number of rotatable bonds is 3. The molecule has 1 atom stereocenters. The summed E-state index contributed by atoms with van der Waals surface area (Å²) in [7, 11) is 0. The van der Waals surface area contributed by atoms with Crippen molar-refractivity contribution in [1.29, 1.82) is 0 Å². The lowest BCUT2D eigenvalue weighted by molar-refractivity contribution is -0.122. The monoisotopic (exact) mass is 241 g/mol. The van der Waals surface area contributed by atoms with Crippen LogP contribution in [-0.4, -0.2) is 35.5 Å². The molecule has 17 heavy (non-hydrogen) atoms. The molecule has 0 aromatic carbocycles. The predicted molar refractivity (Wildman–Crippen MR) is 65.8 cm³/mol. The predicted octanol–water partition coefficient (Wildman–Crippen LogP) is 2.61. The molecule has 1 heterocycles. The second kappa shape index (κ2) is 5.52. The topological polar surface area (TPSA) is 46.6 Å². The maximum Gasteiger partial charge on any atom is 0.410 e. The first-order chi connectivity index (χ1) is 7.83. The Morgan fingerprint density at radius 3 is 2.53 bits per heavy atom. The van der Waals surface area contributed by atoms with E-state index in [0.717, 1.165) is 12.8 Å². The Labute approximate surface area is 103 Å². The van der Waals surface area contributed by atoms with Crippen LogP contribution in [0.2, 0.25) is 0 Å². The van der Waals surface area contributed by atoms with Gasteiger partial charge in [-0.1, -0.05) is 6.92 Å². The highest BCUT2D eigenvalue weighted by Crippen LogP contribution is 2.21. The van der Waals surface area contributed by atoms with E-state index in [-0.39, 0.29) is 17.8 Å². The average Bonchev–Trinajstić information content (AvgIpc) is 2.63. The molecule has 4 nitrogen and oxygen atoms in total. The zero-order valence-electron chi connectivity index (χ0n) is 11.3. The lowest BCUT2D eigenvalue weighted by Gasteiger charge is -2.24. The lowest BCUT2D eigenvalue weighted by Crippen LogP contribution is -2.35. The quantitative estimate of drug-likeness (QED) is 0.763. The van der Waals surface area contributed by atoms with Crippen molar-refractivity contribution < 1.29 is 14.3 Å². The van der Waals surface area contributed by atoms with Crippen molar-refractivity contribution in [2.24, 2.45) is 5.92 Å². The van der Waals surface area contributed by atoms with Crippen LogP contribution in [0, 0.1) is 5.92 Å². The van der Waals surface area contributed by atoms with Gasteiger partial charge in [0.1, 0.15) is 11.4 Å². The summed E-state index contributed by atoms with van der Waals surface area (Å²) in [5, 5.41) is 0. The molecule has 98 valence electrons. The van der Waals surface area contributed by atoms with Gasteiger partial charge in [0.05, 0.1) is 0 Å². The Morgan fingerprint density at radius 1 is 1.35 bits per heavy atom. The van der Waals surface area contributed by atoms with Gasteiger partial charge in [-0.15, -0.1) is 0 Å². The molecule has 0 aromatic heterocycles. The second-order valence-corrected chi connectivity index (χ2v) is 5.63. The highest BCUT2D eigenvalue weighted by Gasteiger charge is 2.32. The van der Waals surface area contributed by atoms with Crippen molar-refractivity contribution in [2.75, 3.05) is 13.1 Å². The zero-order valence-corrected chi connectivity index (χ0v) is 11.3. The molecule has 0 unspecified atom stereocenters. The van der Waals surface area contributed by atoms with Gasteiger partial charge in [-0.3, -0.25) is 4.79 Å². The van der Waals surface area contributed by atoms with Crippen LogP contribution < -0.4 is 0 Å². The van der Waals surface area contributed by atoms with Crippen molar-refractivity contribution in [1.82, 2.24) is 4.90 Å². The van der Waals surface area contributed by atoms with Crippen LogP contribution >= 0.6 is 0 Å². The second-order valence-electron chi connectivity index (χ2n) is 5.63. The van der Waals surface area contributed by atoms with Crippen molar-refractivity contribution in [2.45, 2.75) is 52.6 Å². The van der Waals surface area contributed by atoms with E-state index < -0.39 is 5.60 Å². The fourth-order valence-corrected chi connectivity index (χ4v) is 1.97. The fourth-order valence-electron chi connectivity index (χ4n) is 1.97. The number of hydrogen-bond acceptors (Lipinski definition) is 3. The number of ketones is 1. The SMILES string of the molecule is CCCC(=O)[C@@H]1CCN(C(=O)OC(C)(C)C)C1. The number of hydrogen-bond donors (Lipinski definition) is 0. The van der Waals surface area contributed by atoms with E-state index in [1.807, 2.05) is 27.7 Å². The van der Waals surface area contributed by atoms with Gasteiger partial charge in [0.2, 0.25) is 0 Å². The van der Waals surface area contributed by atoms with Crippen LogP contribution in [0.4, 0.5) is 4.79 Å². The van der Waals surface area contributed by atoms with Crippen molar-refractivity contribution in [3.05, 3.63) is 0 Å². The third-order valence-electron chi connectivity index (χ3n) is 2.79. The normalized spacial score (nSPS) is 20.5. The van der Waals surface area contributed by atoms with Gasteiger partial charge >= 0.3 is 6.09 Å². The molecular weight excluding hydrogens is 218 g/mol. The third kappa shape index (κ3) is 4.36. The fraction of sp³-hybridized carbons (Fsp3) is 0.846. The number of amides is 1. The minimum Gasteiger partial charge on any atom is -0.444 e. The Hall–Kier alpha value is -1.06. The molecule has 0 aromatic rings. The summed E-state index contributed by atoms with van der Waals surface area (Å²) < 4.78 is 5.29. The molecule has 0 N–H and O–H groups in total. The van der Waals surface area contributed by atoms with Crippen molar-refractivity contribution in [3.8, 4) is 0 Å². The largest absolute Gasteiger partial charge is 0.444 e. The molecule has 0 saturated carbocycles. The van der Waals surface area contributed by atoms with Gasteiger partial charge in [-0.05, 0) is 33.6 Å². The summed E-state index contributed by atoms with van der Waals surface area (Å²) in [6, 6.07) is 0. The molecule has 0 bridgehead atoms. The number of carbonyl (C=O) groups is 2. The molecule has 0 aliphatic carbocycles. The van der Waals surface area contributed by atoms with E-state index in [1.54, 1.807) is 4.90 Å². The molecule has 0 spiro atoms. The minimum atomic E-state index is -0.470. The number of carbonyl (C=O) groups excluding carboxylic acids is 2. The molecule has 1 rings (SSSR count). The Balaban J connectivity index is 2.45. The standard InChI is InChI=1S/C13H23NO3/c1-5-6-11(15)10-7-8-14(9-10)12(16)17-13(2,3)4/h10H,5-9H2,1-4H3/t10-/m1/s1. The third-order valence-corrected chi connectivity index (χ3v) is 2.79. The van der Waals surface area contributed by atoms with E-state index in [1.165, 1.54) is 0 Å². The van der Waals surface area contributed by atoms with Crippen molar-refractivity contribution >= 4 is 11.9 Å². The summed E-state index contributed by atoms with van der Waals surface area (Å²) in [5.41, 5.74) is -0.470. The Kier molecular flexibility index (Phi) is 4.54. The number of likely N-dealkylation sites (tertiary alicyclic amines) is 1. The van der Waals surface area contributed by atoms with Crippen LogP contribution in [0.3, 0.4) is 0 Å². The Morgan fingerprint density at radius 2 is 2.00 bits per heavy atom. The average molecular weight is 241 g/mol. The maximum absolute atomic E-state index is 11.8. The maximum atomic E-state index is 11.8. The van der Waals surface area contributed by atoms with E-state index in [9.17, 15) is 9.59 Å². The van der Waals surface area contributed by atoms with Gasteiger partial charge < -0.3 is 9.64 Å². The molecule has 1 aliphatic heterocycles. The molecule has 0 radical (unpaired) electrons.